The number of benzene rings is 3. The van der Waals surface area contributed by atoms with Gasteiger partial charge in [0.15, 0.2) is 36.0 Å². The Balaban J connectivity index is 0.728. The molecule has 10 rings (SSSR count). The van der Waals surface area contributed by atoms with E-state index in [2.05, 4.69) is 45.1 Å². The average Bonchev–Trinajstić information content (AvgIpc) is 0.776. The van der Waals surface area contributed by atoms with E-state index in [1.54, 1.807) is 65.0 Å². The van der Waals surface area contributed by atoms with Crippen LogP contribution in [0.4, 0.5) is 10.5 Å². The molecule has 7 aliphatic rings. The number of imide groups is 1. The van der Waals surface area contributed by atoms with Crippen molar-refractivity contribution in [3.8, 4) is 35.2 Å². The van der Waals surface area contributed by atoms with E-state index in [9.17, 15) is 78.3 Å². The van der Waals surface area contributed by atoms with Gasteiger partial charge in [-0.25, -0.2) is 4.79 Å². The summed E-state index contributed by atoms with van der Waals surface area (Å²) in [6, 6.07) is 13.9. The molecule has 748 valence electrons. The minimum Gasteiger partial charge on any atom is -0.496 e. The number of nitrogens with two attached hydrogens (primary N) is 1. The Morgan fingerprint density at radius 2 is 1.50 bits per heavy atom. The number of ether oxygens (including phenoxy) is 11. The van der Waals surface area contributed by atoms with Gasteiger partial charge in [-0.15, -0.1) is 0 Å². The number of methoxy groups -OCH3 is 3. The number of alkyl carbamates (subject to hydrolysis) is 1. The van der Waals surface area contributed by atoms with Crippen molar-refractivity contribution < 1.29 is 135 Å². The first-order chi connectivity index (χ1) is 65.3. The van der Waals surface area contributed by atoms with Crippen molar-refractivity contribution in [1.82, 2.24) is 21.0 Å². The minimum atomic E-state index is -2.18. The number of unbranched alkanes of at least 4 members (excludes halogenated alkanes) is 3. The van der Waals surface area contributed by atoms with Gasteiger partial charge < -0.3 is 104 Å². The normalized spacial score (nSPS) is 27.5. The van der Waals surface area contributed by atoms with Crippen LogP contribution >= 0.6 is 55.9 Å². The van der Waals surface area contributed by atoms with Crippen molar-refractivity contribution in [2.75, 3.05) is 58.6 Å². The van der Waals surface area contributed by atoms with Gasteiger partial charge >= 0.3 is 12.1 Å². The molecular formula is C99H129IN6O28S3. The summed E-state index contributed by atoms with van der Waals surface area (Å²) in [4.78, 5) is 154. The smallest absolute Gasteiger partial charge is 0.407 e. The maximum atomic E-state index is 14.6. The van der Waals surface area contributed by atoms with E-state index in [0.717, 1.165) is 22.2 Å². The summed E-state index contributed by atoms with van der Waals surface area (Å²) in [5.74, 6) is 8.03. The molecule has 3 aromatic rings. The largest absolute Gasteiger partial charge is 0.496 e. The first-order valence-corrected chi connectivity index (χ1v) is 50.6. The molecule has 137 heavy (non-hydrogen) atoms. The molecule has 38 heteroatoms. The fourth-order valence-corrected chi connectivity index (χ4v) is 21.6. The summed E-state index contributed by atoms with van der Waals surface area (Å²) in [7, 11) is 6.79. The van der Waals surface area contributed by atoms with Crippen molar-refractivity contribution in [3.63, 3.8) is 0 Å². The first kappa shape index (κ1) is 111. The zero-order valence-corrected chi connectivity index (χ0v) is 84.0. The van der Waals surface area contributed by atoms with E-state index in [4.69, 9.17) is 62.7 Å². The molecule has 0 radical (unpaired) electrons. The highest BCUT2D eigenvalue weighted by Crippen LogP contribution is 2.47. The third kappa shape index (κ3) is 31.1. The number of fused-ring (bicyclic) bond motifs is 2. The Morgan fingerprint density at radius 3 is 2.19 bits per heavy atom. The molecule has 21 atom stereocenters. The van der Waals surface area contributed by atoms with Gasteiger partial charge in [-0.05, 0) is 182 Å². The lowest BCUT2D eigenvalue weighted by molar-refractivity contribution is -0.335. The number of amides is 5. The Labute approximate surface area is 825 Å². The number of nitrogens with zero attached hydrogens (tertiary/aromatic N) is 1. The first-order valence-electron chi connectivity index (χ1n) is 46.3. The Hall–Kier alpha value is -8.31. The predicted molar refractivity (Wildman–Crippen MR) is 518 cm³/mol. The second-order valence-corrected chi connectivity index (χ2v) is 41.3. The number of Topliss-reactive ketones (excluding diaryl/α,β-unsaturated/α-hetero) is 4. The Kier molecular flexibility index (Phi) is 42.8. The molecule has 4 saturated heterocycles. The van der Waals surface area contributed by atoms with Crippen LogP contribution in [0.15, 0.2) is 102 Å². The molecule has 17 unspecified atom stereocenters. The minimum absolute atomic E-state index is 0.00556. The standard InChI is InChI=1S/C99H129IN6O28S3/c1-55-46-79(126-54-65(55)47-56(2)107)132-91-86(117)84(105-134-80-51-72(110)92(61(7)128-80)136-94(120)81-57(3)83(100)89(58(4)88(81)124-11)133-95-87(118)90(125-12)85(116)60(6)130-95)59(5)129-96(91)131-74-30-19-13-14-22-40-99(122)52-73(111)68(50-78(115)123-10)82(74)69(99)39-45-135-137-98(8,9)41-38-67(108)29-25-43-102-97(121)127-53-63-32-34-66(35-33-63)103-93(119)64(28-21-23-42-101)49-71(109)70(48-62-26-17-15-18-27-62)104-75(112)31-20-16-24-44-106-76(113)36-37-77(106)114/h13-15,17-18,26-27,32-37,39,55,59-61,64-65,70,72,74,79-80,84-87,90-92,95-96,105,110,116-118,122H,16,20-21,23-25,28-29,31,38,41-54,101H2,1-12H3,(H,102,121)(H,103,119)(H,104,112)/b14-13-,69-39+/t55?,59?,60?,61?,64-,65?,70+,72?,74+,79?,80?,84?,85?,86?,87?,90?,91?,92?,95?,96?,99+/m1/s1. The molecule has 34 nitrogen and oxygen atoms in total. The van der Waals surface area contributed by atoms with E-state index >= 15 is 0 Å². The average molecular weight is 2070 g/mol. The summed E-state index contributed by atoms with van der Waals surface area (Å²) in [6.45, 7) is 16.6. The predicted octanol–water partition coefficient (Wildman–Crippen LogP) is 9.40. The fourth-order valence-electron chi connectivity index (χ4n) is 17.2. The van der Waals surface area contributed by atoms with E-state index in [0.29, 0.717) is 83.9 Å². The van der Waals surface area contributed by atoms with Crippen LogP contribution in [0.1, 0.15) is 190 Å². The molecule has 0 saturated carbocycles. The summed E-state index contributed by atoms with van der Waals surface area (Å²) < 4.78 is 66.9. The number of hydroxylamine groups is 1. The summed E-state index contributed by atoms with van der Waals surface area (Å²) in [6.07, 6.45) is -7.01. The molecule has 5 aliphatic heterocycles. The number of hydrogen-bond donors (Lipinski definition) is 10. The number of ketones is 4. The number of allylic oxidation sites excluding steroid dienone is 2. The Bertz CT molecular complexity index is 4990. The molecule has 3 aromatic carbocycles. The van der Waals surface area contributed by atoms with Crippen LogP contribution in [0.3, 0.4) is 0 Å². The van der Waals surface area contributed by atoms with Crippen molar-refractivity contribution in [1.29, 1.82) is 0 Å². The molecule has 2 bridgehead atoms. The van der Waals surface area contributed by atoms with Crippen LogP contribution < -0.4 is 36.6 Å². The number of halogens is 1. The molecule has 5 heterocycles. The van der Waals surface area contributed by atoms with E-state index in [1.807, 2.05) is 73.7 Å². The number of rotatable bonds is 48. The molecule has 5 amide bonds. The Morgan fingerprint density at radius 1 is 0.781 bits per heavy atom. The second kappa shape index (κ2) is 53.0. The number of esters is 1. The SMILES string of the molecule is COC(=O)CC1=C2/C(=C\CSSC(C)(C)CCC(=O)CCCNC(=O)OCc3ccc(NC(=O)[C@H](CCCCN)CC(=O)[C@H](Cc4ccccc4)NC(=O)CCCCCN4C(=O)C=CC4=O)cc3)[C@](O)(C#C/C=C\C#C[C@@H]2OC2OC(C)C(NOC3CC(O)C(SC(=O)c4c(C)c(I)c(OC5OC(C)C(O)C(OC)C5O)c(C)c4OC)C(C)O3)C(O)C2OC2CC(C)C(CC(C)=O)CO2)CC1=O. The number of hydrogen-bond acceptors (Lipinski definition) is 33. The van der Waals surface area contributed by atoms with Crippen molar-refractivity contribution >= 4 is 126 Å². The number of aliphatic hydroxyl groups is 5. The lowest BCUT2D eigenvalue weighted by Gasteiger charge is -2.46. The van der Waals surface area contributed by atoms with Crippen LogP contribution in [-0.2, 0) is 104 Å². The number of nitrogens with one attached hydrogen (secondary N) is 4. The molecular weight excluding hydrogens is 1940 g/mol. The van der Waals surface area contributed by atoms with E-state index in [-0.39, 0.29) is 170 Å². The van der Waals surface area contributed by atoms with Gasteiger partial charge in [0.05, 0.1) is 84.6 Å². The van der Waals surface area contributed by atoms with Crippen molar-refractivity contribution in [2.24, 2.45) is 23.5 Å². The van der Waals surface area contributed by atoms with Gasteiger partial charge in [-0.1, -0.05) is 125 Å². The van der Waals surface area contributed by atoms with Gasteiger partial charge in [0.25, 0.3) is 11.8 Å². The van der Waals surface area contributed by atoms with Gasteiger partial charge in [-0.3, -0.25) is 52.9 Å². The number of carbonyl (C=O) groups excluding carboxylic acids is 11. The van der Waals surface area contributed by atoms with E-state index < -0.39 is 156 Å². The lowest BCUT2D eigenvalue weighted by Crippen LogP contribution is -2.64. The maximum Gasteiger partial charge on any atom is 0.407 e. The monoisotopic (exact) mass is 2070 g/mol. The lowest BCUT2D eigenvalue weighted by atomic mass is 9.72. The highest BCUT2D eigenvalue weighted by molar-refractivity contribution is 14.1. The fraction of sp³-hybridized carbons (Fsp3) is 0.586. The maximum absolute atomic E-state index is 14.6. The molecule has 4 fully saturated rings. The van der Waals surface area contributed by atoms with Crippen LogP contribution in [-0.4, -0.2) is 262 Å². The van der Waals surface area contributed by atoms with Crippen LogP contribution in [0, 0.1) is 58.9 Å². The highest BCUT2D eigenvalue weighted by atomic mass is 127. The summed E-state index contributed by atoms with van der Waals surface area (Å²) in [5.41, 5.74) is 9.54. The number of anilines is 1. The second-order valence-electron chi connectivity index (χ2n) is 36.0. The van der Waals surface area contributed by atoms with E-state index in [1.165, 1.54) is 74.1 Å². The van der Waals surface area contributed by atoms with Gasteiger partial charge in [0.2, 0.25) is 23.2 Å². The number of carbonyl (C=O) groups is 11. The van der Waals surface area contributed by atoms with Crippen molar-refractivity contribution in [2.45, 2.75) is 298 Å². The zero-order valence-electron chi connectivity index (χ0n) is 79.4. The summed E-state index contributed by atoms with van der Waals surface area (Å²) in [5, 5.41) is 66.4. The van der Waals surface area contributed by atoms with Crippen LogP contribution in [0.5, 0.6) is 11.5 Å². The quantitative estimate of drug-likeness (QED) is 0.00478. The number of thioether (sulfide) groups is 1. The third-order valence-electron chi connectivity index (χ3n) is 25.1. The van der Waals surface area contributed by atoms with Gasteiger partial charge in [-0.2, -0.15) is 5.48 Å². The van der Waals surface area contributed by atoms with Crippen LogP contribution in [0.25, 0.3) is 0 Å². The van der Waals surface area contributed by atoms with Crippen LogP contribution in [0.2, 0.25) is 0 Å². The highest BCUT2D eigenvalue weighted by Gasteiger charge is 2.53. The van der Waals surface area contributed by atoms with Gasteiger partial charge in [0.1, 0.15) is 66.3 Å². The number of aliphatic hydroxyl groups excluding tert-OH is 4. The van der Waals surface area contributed by atoms with Gasteiger partial charge in [0, 0.05) is 122 Å². The molecule has 2 aliphatic carbocycles. The molecule has 0 aromatic heterocycles. The van der Waals surface area contributed by atoms with Crippen molar-refractivity contribution in [3.05, 3.63) is 133 Å². The molecule has 0 spiro atoms. The molecule has 11 N–H and O–H groups in total. The summed E-state index contributed by atoms with van der Waals surface area (Å²) >= 11 is 2.89. The third-order valence-corrected chi connectivity index (χ3v) is 31.0. The zero-order chi connectivity index (χ0) is 99.5. The topological polar surface area (TPSA) is 477 Å².